The maximum atomic E-state index is 12.4. The number of esters is 1. The highest BCUT2D eigenvalue weighted by Crippen LogP contribution is 2.23. The van der Waals surface area contributed by atoms with E-state index < -0.39 is 0 Å². The number of benzene rings is 4. The number of rotatable bonds is 13. The van der Waals surface area contributed by atoms with Gasteiger partial charge in [-0.25, -0.2) is 0 Å². The van der Waals surface area contributed by atoms with Gasteiger partial charge in [-0.2, -0.15) is 0 Å². The van der Waals surface area contributed by atoms with Gasteiger partial charge in [0.05, 0.1) is 13.0 Å². The molecule has 190 valence electrons. The fraction of sp³-hybridized carbons (Fsp3) is 0.265. The molecule has 3 nitrogen and oxygen atoms in total. The molecule has 0 saturated heterocycles. The summed E-state index contributed by atoms with van der Waals surface area (Å²) in [4.78, 5) is 14.8. The van der Waals surface area contributed by atoms with Crippen molar-refractivity contribution in [2.24, 2.45) is 5.92 Å². The molecule has 0 spiro atoms. The van der Waals surface area contributed by atoms with E-state index >= 15 is 0 Å². The first-order valence-electron chi connectivity index (χ1n) is 13.2. The van der Waals surface area contributed by atoms with E-state index in [0.717, 1.165) is 45.2 Å². The van der Waals surface area contributed by atoms with Crippen LogP contribution >= 0.6 is 0 Å². The van der Waals surface area contributed by atoms with Crippen molar-refractivity contribution in [1.82, 2.24) is 0 Å². The number of anilines is 1. The maximum absolute atomic E-state index is 12.4. The lowest BCUT2D eigenvalue weighted by atomic mass is 9.93. The molecule has 0 aromatic heterocycles. The van der Waals surface area contributed by atoms with Crippen LogP contribution in [0.1, 0.15) is 41.5 Å². The molecule has 0 aliphatic heterocycles. The van der Waals surface area contributed by atoms with Crippen LogP contribution < -0.4 is 4.90 Å². The van der Waals surface area contributed by atoms with Crippen molar-refractivity contribution in [3.05, 3.63) is 138 Å². The smallest absolute Gasteiger partial charge is 0.308 e. The Morgan fingerprint density at radius 3 is 1.62 bits per heavy atom. The van der Waals surface area contributed by atoms with Crippen molar-refractivity contribution in [2.75, 3.05) is 12.0 Å². The predicted molar refractivity (Wildman–Crippen MR) is 152 cm³/mol. The van der Waals surface area contributed by atoms with Gasteiger partial charge in [0.15, 0.2) is 0 Å². The molecule has 1 unspecified atom stereocenters. The molecule has 0 saturated carbocycles. The van der Waals surface area contributed by atoms with Crippen molar-refractivity contribution < 1.29 is 9.53 Å². The summed E-state index contributed by atoms with van der Waals surface area (Å²) in [5, 5.41) is 0. The topological polar surface area (TPSA) is 29.5 Å². The fourth-order valence-electron chi connectivity index (χ4n) is 4.80. The highest BCUT2D eigenvalue weighted by molar-refractivity contribution is 5.72. The van der Waals surface area contributed by atoms with Gasteiger partial charge < -0.3 is 9.64 Å². The number of aryl methyl sites for hydroxylation is 2. The van der Waals surface area contributed by atoms with Crippen LogP contribution in [0, 0.1) is 5.92 Å². The molecular formula is C34H37NO2. The van der Waals surface area contributed by atoms with E-state index in [9.17, 15) is 4.79 Å². The van der Waals surface area contributed by atoms with E-state index in [1.54, 1.807) is 0 Å². The molecule has 4 rings (SSSR count). The Kier molecular flexibility index (Phi) is 9.94. The van der Waals surface area contributed by atoms with Crippen LogP contribution in [0.3, 0.4) is 0 Å². The average Bonchev–Trinajstić information content (AvgIpc) is 2.96. The fourth-order valence-corrected chi connectivity index (χ4v) is 4.80. The molecule has 1 atom stereocenters. The van der Waals surface area contributed by atoms with E-state index in [1.807, 2.05) is 6.07 Å². The molecular weight excluding hydrogens is 454 g/mol. The van der Waals surface area contributed by atoms with Gasteiger partial charge in [-0.05, 0) is 66.5 Å². The second-order valence-electron chi connectivity index (χ2n) is 9.63. The van der Waals surface area contributed by atoms with Crippen LogP contribution in [0.4, 0.5) is 5.69 Å². The number of carbonyl (C=O) groups is 1. The maximum Gasteiger partial charge on any atom is 0.308 e. The Hall–Kier alpha value is -3.85. The number of ether oxygens (including phenoxy) is 1. The van der Waals surface area contributed by atoms with Gasteiger partial charge >= 0.3 is 5.97 Å². The monoisotopic (exact) mass is 491 g/mol. The average molecular weight is 492 g/mol. The third kappa shape index (κ3) is 8.35. The van der Waals surface area contributed by atoms with E-state index in [0.29, 0.717) is 0 Å². The summed E-state index contributed by atoms with van der Waals surface area (Å²) in [6.07, 6.45) is 4.49. The minimum Gasteiger partial charge on any atom is -0.469 e. The highest BCUT2D eigenvalue weighted by atomic mass is 16.5. The minimum atomic E-state index is -0.0958. The standard InChI is InChI=1S/C34H37NO2/c1-37-34(36)32(19-11-18-28-12-5-2-6-13-28)23-20-29-21-24-33(25-22-29)35(26-30-14-7-3-8-15-30)27-31-16-9-4-10-17-31/h2-10,12-17,21-22,24-25,32H,11,18-20,23,26-27H2,1H3. The van der Waals surface area contributed by atoms with Gasteiger partial charge in [-0.1, -0.05) is 103 Å². The molecule has 4 aromatic rings. The van der Waals surface area contributed by atoms with Gasteiger partial charge in [-0.15, -0.1) is 0 Å². The van der Waals surface area contributed by atoms with Crippen molar-refractivity contribution in [1.29, 1.82) is 0 Å². The Labute approximate surface area is 221 Å². The van der Waals surface area contributed by atoms with Crippen LogP contribution in [0.25, 0.3) is 0 Å². The Bertz CT molecular complexity index is 1150. The van der Waals surface area contributed by atoms with Gasteiger partial charge in [0.1, 0.15) is 0 Å². The normalized spacial score (nSPS) is 11.6. The van der Waals surface area contributed by atoms with Crippen LogP contribution in [0.5, 0.6) is 0 Å². The first-order valence-corrected chi connectivity index (χ1v) is 13.2. The van der Waals surface area contributed by atoms with E-state index in [1.165, 1.54) is 35.1 Å². The molecule has 4 aromatic carbocycles. The van der Waals surface area contributed by atoms with E-state index in [4.69, 9.17) is 4.74 Å². The highest BCUT2D eigenvalue weighted by Gasteiger charge is 2.19. The summed E-state index contributed by atoms with van der Waals surface area (Å²) in [6, 6.07) is 40.5. The number of carbonyl (C=O) groups excluding carboxylic acids is 1. The molecule has 0 aliphatic carbocycles. The Morgan fingerprint density at radius 1 is 0.622 bits per heavy atom. The largest absolute Gasteiger partial charge is 0.469 e. The molecule has 0 heterocycles. The molecule has 3 heteroatoms. The summed E-state index contributed by atoms with van der Waals surface area (Å²) in [5.74, 6) is -0.164. The number of nitrogens with zero attached hydrogens (tertiary/aromatic N) is 1. The Balaban J connectivity index is 1.38. The van der Waals surface area contributed by atoms with Crippen LogP contribution in [0.15, 0.2) is 115 Å². The van der Waals surface area contributed by atoms with Gasteiger partial charge in [-0.3, -0.25) is 4.79 Å². The van der Waals surface area contributed by atoms with E-state index in [-0.39, 0.29) is 11.9 Å². The molecule has 0 N–H and O–H groups in total. The minimum absolute atomic E-state index is 0.0685. The molecule has 0 radical (unpaired) electrons. The summed E-state index contributed by atoms with van der Waals surface area (Å²) in [6.45, 7) is 1.70. The zero-order chi connectivity index (χ0) is 25.7. The molecule has 0 aliphatic rings. The molecule has 37 heavy (non-hydrogen) atoms. The Morgan fingerprint density at radius 2 is 1.11 bits per heavy atom. The van der Waals surface area contributed by atoms with Crippen LogP contribution in [0.2, 0.25) is 0 Å². The van der Waals surface area contributed by atoms with Gasteiger partial charge in [0, 0.05) is 18.8 Å². The van der Waals surface area contributed by atoms with Gasteiger partial charge in [0.2, 0.25) is 0 Å². The van der Waals surface area contributed by atoms with E-state index in [2.05, 4.69) is 114 Å². The second kappa shape index (κ2) is 14.0. The van der Waals surface area contributed by atoms with Gasteiger partial charge in [0.25, 0.3) is 0 Å². The van der Waals surface area contributed by atoms with Crippen molar-refractivity contribution in [3.8, 4) is 0 Å². The second-order valence-corrected chi connectivity index (χ2v) is 9.63. The quantitative estimate of drug-likeness (QED) is 0.180. The predicted octanol–water partition coefficient (Wildman–Crippen LogP) is 7.64. The SMILES string of the molecule is COC(=O)C(CCCc1ccccc1)CCc1ccc(N(Cc2ccccc2)Cc2ccccc2)cc1. The van der Waals surface area contributed by atoms with Crippen molar-refractivity contribution in [2.45, 2.75) is 45.2 Å². The lowest BCUT2D eigenvalue weighted by Crippen LogP contribution is -2.22. The molecule has 0 bridgehead atoms. The first kappa shape index (κ1) is 26.2. The molecule has 0 amide bonds. The molecule has 0 fully saturated rings. The van der Waals surface area contributed by atoms with Crippen molar-refractivity contribution >= 4 is 11.7 Å². The van der Waals surface area contributed by atoms with Crippen LogP contribution in [-0.2, 0) is 35.5 Å². The number of hydrogen-bond donors (Lipinski definition) is 0. The third-order valence-electron chi connectivity index (χ3n) is 6.91. The summed E-state index contributed by atoms with van der Waals surface area (Å²) in [7, 11) is 1.50. The summed E-state index contributed by atoms with van der Waals surface area (Å²) < 4.78 is 5.12. The van der Waals surface area contributed by atoms with Crippen molar-refractivity contribution in [3.63, 3.8) is 0 Å². The third-order valence-corrected chi connectivity index (χ3v) is 6.91. The lowest BCUT2D eigenvalue weighted by Gasteiger charge is -2.25. The lowest BCUT2D eigenvalue weighted by molar-refractivity contribution is -0.145. The van der Waals surface area contributed by atoms with Crippen LogP contribution in [-0.4, -0.2) is 13.1 Å². The summed E-state index contributed by atoms with van der Waals surface area (Å²) >= 11 is 0. The summed E-state index contributed by atoms with van der Waals surface area (Å²) in [5.41, 5.74) is 6.35. The number of hydrogen-bond acceptors (Lipinski definition) is 3. The number of methoxy groups -OCH3 is 1. The zero-order valence-corrected chi connectivity index (χ0v) is 21.8. The zero-order valence-electron chi connectivity index (χ0n) is 21.8. The first-order chi connectivity index (χ1) is 18.2.